The number of hydrogen-bond acceptors (Lipinski definition) is 8. The molecule has 0 atom stereocenters. The number of esters is 1. The van der Waals surface area contributed by atoms with E-state index in [2.05, 4.69) is 9.97 Å². The van der Waals surface area contributed by atoms with Gasteiger partial charge in [0.15, 0.2) is 18.2 Å². The third-order valence-electron chi connectivity index (χ3n) is 4.34. The first-order valence-corrected chi connectivity index (χ1v) is 10.6. The predicted octanol–water partition coefficient (Wildman–Crippen LogP) is 3.87. The lowest BCUT2D eigenvalue weighted by Gasteiger charge is -2.21. The summed E-state index contributed by atoms with van der Waals surface area (Å²) in [6.45, 7) is 1.41. The molecule has 0 saturated heterocycles. The first kappa shape index (κ1) is 22.1. The number of furan rings is 1. The van der Waals surface area contributed by atoms with E-state index < -0.39 is 18.5 Å². The average molecular weight is 436 g/mol. The van der Waals surface area contributed by atoms with Crippen LogP contribution in [-0.4, -0.2) is 41.3 Å². The fourth-order valence-electron chi connectivity index (χ4n) is 2.89. The van der Waals surface area contributed by atoms with E-state index in [9.17, 15) is 9.59 Å². The highest BCUT2D eigenvalue weighted by Gasteiger charge is 2.23. The second kappa shape index (κ2) is 10.4. The molecule has 158 valence electrons. The molecule has 3 aromatic rings. The predicted molar refractivity (Wildman–Crippen MR) is 116 cm³/mol. The third kappa shape index (κ3) is 5.29. The normalized spacial score (nSPS) is 10.4. The number of para-hydroxylation sites is 1. The highest BCUT2D eigenvalue weighted by Crippen LogP contribution is 2.26. The van der Waals surface area contributed by atoms with Gasteiger partial charge >= 0.3 is 5.97 Å². The second-order valence-corrected chi connectivity index (χ2v) is 7.15. The summed E-state index contributed by atoms with van der Waals surface area (Å²) in [4.78, 5) is 35.6. The van der Waals surface area contributed by atoms with Crippen molar-refractivity contribution in [3.63, 3.8) is 0 Å². The standard InChI is InChI=1S/C22H20N4O4S/c1-15-19(21(31-2)25-20(24-15)17-10-6-13-29-17)22(28)30-14-18(27)26(12-7-11-23)16-8-4-3-5-9-16/h3-6,8-10,13H,7,12,14H2,1-2H3. The third-order valence-corrected chi connectivity index (χ3v) is 5.02. The van der Waals surface area contributed by atoms with E-state index >= 15 is 0 Å². The Morgan fingerprint density at radius 2 is 1.97 bits per heavy atom. The van der Waals surface area contributed by atoms with Crippen LogP contribution in [0.5, 0.6) is 0 Å². The van der Waals surface area contributed by atoms with Gasteiger partial charge in [-0.25, -0.2) is 14.8 Å². The molecular weight excluding hydrogens is 416 g/mol. The summed E-state index contributed by atoms with van der Waals surface area (Å²) < 4.78 is 10.6. The molecule has 0 saturated carbocycles. The summed E-state index contributed by atoms with van der Waals surface area (Å²) in [7, 11) is 0. The molecule has 0 radical (unpaired) electrons. The van der Waals surface area contributed by atoms with E-state index in [1.807, 2.05) is 12.1 Å². The van der Waals surface area contributed by atoms with Crippen LogP contribution < -0.4 is 4.90 Å². The zero-order chi connectivity index (χ0) is 22.2. The number of nitrogens with zero attached hydrogens (tertiary/aromatic N) is 4. The molecule has 2 heterocycles. The molecule has 0 fully saturated rings. The van der Waals surface area contributed by atoms with Crippen molar-refractivity contribution < 1.29 is 18.7 Å². The maximum atomic E-state index is 12.8. The van der Waals surface area contributed by atoms with E-state index in [4.69, 9.17) is 14.4 Å². The van der Waals surface area contributed by atoms with Gasteiger partial charge in [0.25, 0.3) is 5.91 Å². The first-order valence-electron chi connectivity index (χ1n) is 9.41. The van der Waals surface area contributed by atoms with Crippen LogP contribution in [0.4, 0.5) is 5.69 Å². The number of rotatable bonds is 8. The number of aryl methyl sites for hydroxylation is 1. The molecule has 1 aromatic carbocycles. The summed E-state index contributed by atoms with van der Waals surface area (Å²) >= 11 is 1.27. The zero-order valence-corrected chi connectivity index (χ0v) is 17.9. The second-order valence-electron chi connectivity index (χ2n) is 6.36. The molecule has 0 N–H and O–H groups in total. The van der Waals surface area contributed by atoms with Gasteiger partial charge in [0.1, 0.15) is 10.6 Å². The van der Waals surface area contributed by atoms with E-state index in [-0.39, 0.29) is 18.5 Å². The smallest absolute Gasteiger partial charge is 0.343 e. The number of carbonyl (C=O) groups is 2. The van der Waals surface area contributed by atoms with Crippen molar-refractivity contribution in [3.8, 4) is 17.7 Å². The minimum absolute atomic E-state index is 0.159. The average Bonchev–Trinajstić information content (AvgIpc) is 3.33. The molecule has 1 amide bonds. The number of thioether (sulfide) groups is 1. The fourth-order valence-corrected chi connectivity index (χ4v) is 3.50. The minimum atomic E-state index is -0.686. The number of anilines is 1. The van der Waals surface area contributed by atoms with Gasteiger partial charge in [0.2, 0.25) is 0 Å². The molecule has 0 aliphatic carbocycles. The summed E-state index contributed by atoms with van der Waals surface area (Å²) in [5.41, 5.74) is 1.26. The lowest BCUT2D eigenvalue weighted by Crippen LogP contribution is -2.35. The monoisotopic (exact) mass is 436 g/mol. The van der Waals surface area contributed by atoms with Gasteiger partial charge < -0.3 is 14.1 Å². The van der Waals surface area contributed by atoms with Crippen molar-refractivity contribution in [2.45, 2.75) is 18.4 Å². The van der Waals surface area contributed by atoms with Crippen molar-refractivity contribution in [2.75, 3.05) is 24.3 Å². The van der Waals surface area contributed by atoms with Crippen molar-refractivity contribution in [3.05, 3.63) is 60.0 Å². The van der Waals surface area contributed by atoms with E-state index in [0.29, 0.717) is 28.0 Å². The topological polar surface area (TPSA) is 109 Å². The maximum Gasteiger partial charge on any atom is 0.343 e. The molecule has 0 aliphatic heterocycles. The van der Waals surface area contributed by atoms with Gasteiger partial charge in [-0.15, -0.1) is 11.8 Å². The van der Waals surface area contributed by atoms with Crippen LogP contribution in [0.3, 0.4) is 0 Å². The van der Waals surface area contributed by atoms with E-state index in [1.54, 1.807) is 49.6 Å². The quantitative estimate of drug-likeness (QED) is 0.297. The lowest BCUT2D eigenvalue weighted by molar-refractivity contribution is -0.121. The Balaban J connectivity index is 1.76. The highest BCUT2D eigenvalue weighted by atomic mass is 32.2. The Morgan fingerprint density at radius 1 is 1.19 bits per heavy atom. The van der Waals surface area contributed by atoms with Gasteiger partial charge in [-0.2, -0.15) is 5.26 Å². The molecule has 0 bridgehead atoms. The van der Waals surface area contributed by atoms with Crippen LogP contribution in [-0.2, 0) is 9.53 Å². The fraction of sp³-hybridized carbons (Fsp3) is 0.227. The molecule has 0 spiro atoms. The molecule has 0 aliphatic rings. The van der Waals surface area contributed by atoms with Gasteiger partial charge in [0.05, 0.1) is 24.4 Å². The number of ether oxygens (including phenoxy) is 1. The molecule has 31 heavy (non-hydrogen) atoms. The van der Waals surface area contributed by atoms with Crippen LogP contribution in [0, 0.1) is 18.3 Å². The Morgan fingerprint density at radius 3 is 2.61 bits per heavy atom. The van der Waals surface area contributed by atoms with E-state index in [1.165, 1.54) is 22.9 Å². The summed E-state index contributed by atoms with van der Waals surface area (Å²) in [6.07, 6.45) is 3.46. The number of nitriles is 1. The van der Waals surface area contributed by atoms with E-state index in [0.717, 1.165) is 0 Å². The Hall–Kier alpha value is -3.64. The number of aromatic nitrogens is 2. The van der Waals surface area contributed by atoms with Crippen LogP contribution in [0.15, 0.2) is 58.2 Å². The number of amides is 1. The van der Waals surface area contributed by atoms with Gasteiger partial charge in [0, 0.05) is 12.2 Å². The molecule has 9 heteroatoms. The molecule has 2 aromatic heterocycles. The highest BCUT2D eigenvalue weighted by molar-refractivity contribution is 7.98. The summed E-state index contributed by atoms with van der Waals surface area (Å²) in [6, 6.07) is 14.4. The Labute approximate surface area is 183 Å². The lowest BCUT2D eigenvalue weighted by atomic mass is 10.2. The number of hydrogen-bond donors (Lipinski definition) is 0. The Kier molecular flexibility index (Phi) is 7.40. The molecule has 3 rings (SSSR count). The first-order chi connectivity index (χ1) is 15.0. The van der Waals surface area contributed by atoms with Crippen LogP contribution in [0.2, 0.25) is 0 Å². The molecule has 0 unspecified atom stereocenters. The number of benzene rings is 1. The van der Waals surface area contributed by atoms with Crippen LogP contribution >= 0.6 is 11.8 Å². The zero-order valence-electron chi connectivity index (χ0n) is 17.1. The largest absolute Gasteiger partial charge is 0.461 e. The van der Waals surface area contributed by atoms with Crippen molar-refractivity contribution in [2.24, 2.45) is 0 Å². The number of carbonyl (C=O) groups excluding carboxylic acids is 2. The van der Waals surface area contributed by atoms with Gasteiger partial charge in [-0.05, 0) is 37.4 Å². The Bertz CT molecular complexity index is 1090. The van der Waals surface area contributed by atoms with Gasteiger partial charge in [-0.1, -0.05) is 18.2 Å². The van der Waals surface area contributed by atoms with Crippen molar-refractivity contribution in [1.29, 1.82) is 5.26 Å². The SMILES string of the molecule is CSc1nc(-c2ccco2)nc(C)c1C(=O)OCC(=O)N(CCC#N)c1ccccc1. The van der Waals surface area contributed by atoms with Crippen molar-refractivity contribution >= 4 is 29.3 Å². The molecule has 8 nitrogen and oxygen atoms in total. The van der Waals surface area contributed by atoms with Crippen LogP contribution in [0.1, 0.15) is 22.5 Å². The van der Waals surface area contributed by atoms with Crippen LogP contribution in [0.25, 0.3) is 11.6 Å². The molecular formula is C22H20N4O4S. The minimum Gasteiger partial charge on any atom is -0.461 e. The maximum absolute atomic E-state index is 12.8. The summed E-state index contributed by atoms with van der Waals surface area (Å²) in [5.74, 6) is -0.253. The summed E-state index contributed by atoms with van der Waals surface area (Å²) in [5, 5.41) is 9.32. The van der Waals surface area contributed by atoms with Crippen molar-refractivity contribution in [1.82, 2.24) is 9.97 Å². The van der Waals surface area contributed by atoms with Gasteiger partial charge in [-0.3, -0.25) is 4.79 Å².